The average Bonchev–Trinajstić information content (AvgIpc) is 3.01. The van der Waals surface area contributed by atoms with Crippen LogP contribution in [-0.4, -0.2) is 42.9 Å². The zero-order valence-electron chi connectivity index (χ0n) is 14.2. The number of fused-ring (bicyclic) bond motifs is 1. The van der Waals surface area contributed by atoms with Gasteiger partial charge in [-0.2, -0.15) is 0 Å². The van der Waals surface area contributed by atoms with Crippen molar-refractivity contribution in [3.63, 3.8) is 0 Å². The van der Waals surface area contributed by atoms with Gasteiger partial charge in [-0.15, -0.1) is 0 Å². The Labute approximate surface area is 132 Å². The lowest BCUT2D eigenvalue weighted by Crippen LogP contribution is -2.49. The van der Waals surface area contributed by atoms with E-state index in [9.17, 15) is 9.59 Å². The predicted octanol–water partition coefficient (Wildman–Crippen LogP) is 2.34. The van der Waals surface area contributed by atoms with Crippen LogP contribution < -0.4 is 5.32 Å². The van der Waals surface area contributed by atoms with E-state index in [1.165, 1.54) is 26.4 Å². The van der Waals surface area contributed by atoms with E-state index in [0.29, 0.717) is 12.3 Å². The van der Waals surface area contributed by atoms with Crippen LogP contribution in [0, 0.1) is 17.8 Å². The SMILES string of the molecule is CON(C)C(=O)[C@H](C[C@@H]1C[C@@H]2C[C@@H]2C1)NC(=O)OC(C)(C)C. The van der Waals surface area contributed by atoms with Gasteiger partial charge >= 0.3 is 6.09 Å². The Kier molecular flexibility index (Phi) is 5.00. The zero-order chi connectivity index (χ0) is 16.5. The molecule has 4 atom stereocenters. The maximum absolute atomic E-state index is 12.4. The average molecular weight is 312 g/mol. The second-order valence-electron chi connectivity index (χ2n) is 7.55. The molecule has 0 bridgehead atoms. The molecular formula is C16H28N2O4. The highest BCUT2D eigenvalue weighted by Crippen LogP contribution is 2.55. The van der Waals surface area contributed by atoms with Gasteiger partial charge in [0.2, 0.25) is 0 Å². The van der Waals surface area contributed by atoms with Gasteiger partial charge in [-0.1, -0.05) is 0 Å². The second-order valence-corrected chi connectivity index (χ2v) is 7.55. The monoisotopic (exact) mass is 312 g/mol. The predicted molar refractivity (Wildman–Crippen MR) is 81.9 cm³/mol. The fraction of sp³-hybridized carbons (Fsp3) is 0.875. The molecule has 0 spiro atoms. The first-order chi connectivity index (χ1) is 10.2. The number of rotatable bonds is 5. The molecule has 0 aromatic carbocycles. The topological polar surface area (TPSA) is 67.9 Å². The fourth-order valence-corrected chi connectivity index (χ4v) is 3.35. The maximum Gasteiger partial charge on any atom is 0.408 e. The molecule has 0 unspecified atom stereocenters. The van der Waals surface area contributed by atoms with Gasteiger partial charge < -0.3 is 10.1 Å². The number of ether oxygens (including phenoxy) is 1. The summed E-state index contributed by atoms with van der Waals surface area (Å²) >= 11 is 0. The number of hydrogen-bond donors (Lipinski definition) is 1. The number of nitrogens with one attached hydrogen (secondary N) is 1. The number of amides is 2. The summed E-state index contributed by atoms with van der Waals surface area (Å²) in [6.45, 7) is 5.40. The van der Waals surface area contributed by atoms with Crippen molar-refractivity contribution in [3.05, 3.63) is 0 Å². The van der Waals surface area contributed by atoms with E-state index in [1.807, 2.05) is 0 Å². The van der Waals surface area contributed by atoms with Gasteiger partial charge in [-0.05, 0) is 64.2 Å². The molecule has 6 heteroatoms. The minimum absolute atomic E-state index is 0.242. The number of likely N-dealkylation sites (N-methyl/N-ethyl adjacent to an activating group) is 1. The first-order valence-electron chi connectivity index (χ1n) is 8.00. The molecular weight excluding hydrogens is 284 g/mol. The Hall–Kier alpha value is -1.30. The van der Waals surface area contributed by atoms with Crippen LogP contribution in [0.15, 0.2) is 0 Å². The normalized spacial score (nSPS) is 27.8. The molecule has 0 saturated heterocycles. The molecule has 126 valence electrons. The van der Waals surface area contributed by atoms with E-state index >= 15 is 0 Å². The minimum Gasteiger partial charge on any atom is -0.444 e. The lowest BCUT2D eigenvalue weighted by Gasteiger charge is -2.27. The number of hydrogen-bond acceptors (Lipinski definition) is 4. The van der Waals surface area contributed by atoms with Gasteiger partial charge in [-0.3, -0.25) is 9.63 Å². The van der Waals surface area contributed by atoms with Gasteiger partial charge in [0.1, 0.15) is 11.6 Å². The summed E-state index contributed by atoms with van der Waals surface area (Å²) in [6.07, 6.45) is 3.77. The molecule has 0 radical (unpaired) electrons. The largest absolute Gasteiger partial charge is 0.444 e. The number of nitrogens with zero attached hydrogens (tertiary/aromatic N) is 1. The van der Waals surface area contributed by atoms with E-state index < -0.39 is 17.7 Å². The molecule has 0 heterocycles. The highest BCUT2D eigenvalue weighted by Gasteiger charge is 2.46. The molecule has 1 N–H and O–H groups in total. The van der Waals surface area contributed by atoms with Crippen molar-refractivity contribution in [2.24, 2.45) is 17.8 Å². The Bertz CT molecular complexity index is 422. The van der Waals surface area contributed by atoms with Crippen LogP contribution >= 0.6 is 0 Å². The van der Waals surface area contributed by atoms with Crippen molar-refractivity contribution in [1.29, 1.82) is 0 Å². The summed E-state index contributed by atoms with van der Waals surface area (Å²) in [6, 6.07) is -0.595. The summed E-state index contributed by atoms with van der Waals surface area (Å²) < 4.78 is 5.26. The van der Waals surface area contributed by atoms with E-state index in [-0.39, 0.29) is 5.91 Å². The van der Waals surface area contributed by atoms with Crippen molar-refractivity contribution in [1.82, 2.24) is 10.4 Å². The number of hydroxylamine groups is 2. The molecule has 22 heavy (non-hydrogen) atoms. The summed E-state index contributed by atoms with van der Waals surface area (Å²) in [7, 11) is 2.99. The van der Waals surface area contributed by atoms with Gasteiger partial charge in [0, 0.05) is 7.05 Å². The molecule has 2 aliphatic carbocycles. The fourth-order valence-electron chi connectivity index (χ4n) is 3.35. The van der Waals surface area contributed by atoms with Crippen molar-refractivity contribution in [2.45, 2.75) is 58.1 Å². The van der Waals surface area contributed by atoms with E-state index in [2.05, 4.69) is 5.32 Å². The Morgan fingerprint density at radius 3 is 2.32 bits per heavy atom. The molecule has 2 saturated carbocycles. The highest BCUT2D eigenvalue weighted by molar-refractivity contribution is 5.84. The summed E-state index contributed by atoms with van der Waals surface area (Å²) in [5, 5.41) is 3.88. The van der Waals surface area contributed by atoms with Crippen molar-refractivity contribution in [2.75, 3.05) is 14.2 Å². The number of alkyl carbamates (subject to hydrolysis) is 1. The van der Waals surface area contributed by atoms with Crippen LogP contribution in [0.2, 0.25) is 0 Å². The molecule has 0 aromatic heterocycles. The first kappa shape index (κ1) is 17.1. The van der Waals surface area contributed by atoms with Crippen molar-refractivity contribution >= 4 is 12.0 Å². The highest BCUT2D eigenvalue weighted by atomic mass is 16.7. The Balaban J connectivity index is 1.94. The lowest BCUT2D eigenvalue weighted by molar-refractivity contribution is -0.171. The lowest BCUT2D eigenvalue weighted by atomic mass is 9.94. The van der Waals surface area contributed by atoms with Gasteiger partial charge in [-0.25, -0.2) is 9.86 Å². The molecule has 2 fully saturated rings. The smallest absolute Gasteiger partial charge is 0.408 e. The zero-order valence-corrected chi connectivity index (χ0v) is 14.2. The molecule has 6 nitrogen and oxygen atoms in total. The van der Waals surface area contributed by atoms with Crippen LogP contribution in [0.5, 0.6) is 0 Å². The van der Waals surface area contributed by atoms with Crippen LogP contribution in [0.3, 0.4) is 0 Å². The van der Waals surface area contributed by atoms with Crippen molar-refractivity contribution in [3.8, 4) is 0 Å². The Morgan fingerprint density at radius 1 is 1.23 bits per heavy atom. The van der Waals surface area contributed by atoms with E-state index in [1.54, 1.807) is 27.8 Å². The molecule has 2 aliphatic rings. The number of carbonyl (C=O) groups is 2. The molecule has 2 amide bonds. The molecule has 0 aromatic rings. The van der Waals surface area contributed by atoms with Crippen LogP contribution in [0.1, 0.15) is 46.5 Å². The van der Waals surface area contributed by atoms with Gasteiger partial charge in [0.25, 0.3) is 5.91 Å². The first-order valence-corrected chi connectivity index (χ1v) is 8.00. The third-order valence-corrected chi connectivity index (χ3v) is 4.48. The van der Waals surface area contributed by atoms with E-state index in [4.69, 9.17) is 9.57 Å². The second kappa shape index (κ2) is 6.44. The third kappa shape index (κ3) is 4.60. The quantitative estimate of drug-likeness (QED) is 0.791. The van der Waals surface area contributed by atoms with Gasteiger partial charge in [0.05, 0.1) is 7.11 Å². The summed E-state index contributed by atoms with van der Waals surface area (Å²) in [5.74, 6) is 1.96. The maximum atomic E-state index is 12.4. The Morgan fingerprint density at radius 2 is 1.82 bits per heavy atom. The standard InChI is InChI=1S/C16H28N2O4/c1-16(2,3)22-15(20)17-13(14(19)18(4)21-5)8-10-6-11-9-12(11)7-10/h10-13H,6-9H2,1-5H3,(H,17,20)/t10-,11-,12+,13-/m0/s1. The van der Waals surface area contributed by atoms with Crippen LogP contribution in [0.4, 0.5) is 4.79 Å². The molecule has 2 rings (SSSR count). The summed E-state index contributed by atoms with van der Waals surface area (Å²) in [4.78, 5) is 29.3. The number of carbonyl (C=O) groups excluding carboxylic acids is 2. The van der Waals surface area contributed by atoms with Crippen molar-refractivity contribution < 1.29 is 19.2 Å². The van der Waals surface area contributed by atoms with Crippen LogP contribution in [0.25, 0.3) is 0 Å². The van der Waals surface area contributed by atoms with Crippen LogP contribution in [-0.2, 0) is 14.4 Å². The molecule has 0 aliphatic heterocycles. The van der Waals surface area contributed by atoms with E-state index in [0.717, 1.165) is 16.9 Å². The minimum atomic E-state index is -0.595. The third-order valence-electron chi connectivity index (χ3n) is 4.48. The van der Waals surface area contributed by atoms with Gasteiger partial charge in [0.15, 0.2) is 0 Å². The summed E-state index contributed by atoms with van der Waals surface area (Å²) in [5.41, 5.74) is -0.584.